The summed E-state index contributed by atoms with van der Waals surface area (Å²) in [5.41, 5.74) is 1.73. The van der Waals surface area contributed by atoms with Crippen molar-refractivity contribution >= 4 is 21.7 Å². The first kappa shape index (κ1) is 22.1. The molecule has 4 saturated carbocycles. The third kappa shape index (κ3) is 3.92. The van der Waals surface area contributed by atoms with Crippen molar-refractivity contribution in [2.75, 3.05) is 11.9 Å². The van der Waals surface area contributed by atoms with E-state index < -0.39 is 15.8 Å². The van der Waals surface area contributed by atoms with Crippen molar-refractivity contribution in [3.63, 3.8) is 0 Å². The third-order valence-electron chi connectivity index (χ3n) is 8.38. The van der Waals surface area contributed by atoms with Gasteiger partial charge in [0.15, 0.2) is 0 Å². The van der Waals surface area contributed by atoms with Crippen molar-refractivity contribution in [1.29, 1.82) is 0 Å². The molecule has 0 unspecified atom stereocenters. The first-order valence-electron chi connectivity index (χ1n) is 12.2. The standard InChI is InChI=1S/C25H29FN4O3S/c26-20-3-1-16(2-4-20)14-34(32,33)30-6-5-21-22(13-30)27-15-28-23(21)29-24(31)25-10-17-7-18(11-25)9-19(8-17)12-25/h1-4,15,17-19H,5-14H2,(H,27,28,29,31). The number of nitrogens with zero attached hydrogens (tertiary/aromatic N) is 3. The summed E-state index contributed by atoms with van der Waals surface area (Å²) in [6.07, 6.45) is 8.61. The van der Waals surface area contributed by atoms with Gasteiger partial charge in [-0.25, -0.2) is 22.8 Å². The van der Waals surface area contributed by atoms with Crippen LogP contribution in [0.2, 0.25) is 0 Å². The van der Waals surface area contributed by atoms with Crippen LogP contribution >= 0.6 is 0 Å². The number of rotatable bonds is 5. The van der Waals surface area contributed by atoms with Crippen LogP contribution in [0, 0.1) is 29.0 Å². The third-order valence-corrected chi connectivity index (χ3v) is 10.2. The van der Waals surface area contributed by atoms with Crippen molar-refractivity contribution in [3.05, 3.63) is 53.2 Å². The van der Waals surface area contributed by atoms with E-state index in [-0.39, 0.29) is 23.6 Å². The lowest BCUT2D eigenvalue weighted by Crippen LogP contribution is -2.52. The second-order valence-corrected chi connectivity index (χ2v) is 12.7. The van der Waals surface area contributed by atoms with Gasteiger partial charge in [-0.05, 0) is 80.4 Å². The van der Waals surface area contributed by atoms with Crippen LogP contribution < -0.4 is 5.32 Å². The van der Waals surface area contributed by atoms with E-state index in [2.05, 4.69) is 15.3 Å². The number of nitrogens with one attached hydrogen (secondary N) is 1. The minimum Gasteiger partial charge on any atom is -0.310 e. The van der Waals surface area contributed by atoms with Gasteiger partial charge in [0, 0.05) is 12.1 Å². The molecule has 4 fully saturated rings. The molecule has 0 atom stereocenters. The van der Waals surface area contributed by atoms with Crippen LogP contribution in [0.4, 0.5) is 10.2 Å². The number of hydrogen-bond donors (Lipinski definition) is 1. The Morgan fingerprint density at radius 3 is 2.35 bits per heavy atom. The van der Waals surface area contributed by atoms with E-state index in [1.54, 1.807) is 0 Å². The molecular formula is C25H29FN4O3S. The molecule has 7 nitrogen and oxygen atoms in total. The average Bonchev–Trinajstić information content (AvgIpc) is 2.79. The van der Waals surface area contributed by atoms with Crippen LogP contribution in [0.3, 0.4) is 0 Å². The number of amides is 1. The number of sulfonamides is 1. The van der Waals surface area contributed by atoms with E-state index in [1.165, 1.54) is 54.2 Å². The minimum absolute atomic E-state index is 0.0823. The summed E-state index contributed by atoms with van der Waals surface area (Å²) in [5, 5.41) is 3.13. The minimum atomic E-state index is -3.60. The van der Waals surface area contributed by atoms with Crippen molar-refractivity contribution in [2.45, 2.75) is 57.2 Å². The number of fused-ring (bicyclic) bond motifs is 1. The van der Waals surface area contributed by atoms with Gasteiger partial charge in [0.1, 0.15) is 18.0 Å². The molecule has 4 aliphatic carbocycles. The fourth-order valence-corrected chi connectivity index (χ4v) is 8.67. The first-order chi connectivity index (χ1) is 16.3. The fraction of sp³-hybridized carbons (Fsp3) is 0.560. The van der Waals surface area contributed by atoms with Gasteiger partial charge in [0.05, 0.1) is 23.4 Å². The van der Waals surface area contributed by atoms with Crippen molar-refractivity contribution in [3.8, 4) is 0 Å². The molecule has 1 aromatic carbocycles. The highest BCUT2D eigenvalue weighted by molar-refractivity contribution is 7.88. The number of aromatic nitrogens is 2. The van der Waals surface area contributed by atoms with Gasteiger partial charge in [0.2, 0.25) is 15.9 Å². The van der Waals surface area contributed by atoms with Gasteiger partial charge in [-0.15, -0.1) is 0 Å². The lowest BCUT2D eigenvalue weighted by atomic mass is 9.49. The van der Waals surface area contributed by atoms with Crippen LogP contribution in [-0.4, -0.2) is 35.1 Å². The van der Waals surface area contributed by atoms with E-state index >= 15 is 0 Å². The molecule has 5 aliphatic rings. The zero-order chi connectivity index (χ0) is 23.5. The molecule has 2 aromatic rings. The van der Waals surface area contributed by atoms with E-state index in [0.717, 1.165) is 24.8 Å². The maximum Gasteiger partial charge on any atom is 0.231 e. The second-order valence-electron chi connectivity index (χ2n) is 10.8. The van der Waals surface area contributed by atoms with Gasteiger partial charge in [-0.3, -0.25) is 4.79 Å². The maximum atomic E-state index is 13.5. The Labute approximate surface area is 199 Å². The van der Waals surface area contributed by atoms with Gasteiger partial charge < -0.3 is 5.32 Å². The molecule has 0 radical (unpaired) electrons. The van der Waals surface area contributed by atoms with Crippen molar-refractivity contribution < 1.29 is 17.6 Å². The molecule has 1 aromatic heterocycles. The average molecular weight is 485 g/mol. The molecule has 180 valence electrons. The molecule has 34 heavy (non-hydrogen) atoms. The van der Waals surface area contributed by atoms with Crippen LogP contribution in [0.1, 0.15) is 55.3 Å². The van der Waals surface area contributed by atoms with Crippen LogP contribution in [0.15, 0.2) is 30.6 Å². The summed E-state index contributed by atoms with van der Waals surface area (Å²) in [6.45, 7) is 0.436. The number of anilines is 1. The highest BCUT2D eigenvalue weighted by Crippen LogP contribution is 2.60. The number of carbonyl (C=O) groups is 1. The number of carbonyl (C=O) groups excluding carboxylic acids is 1. The van der Waals surface area contributed by atoms with Gasteiger partial charge in [0.25, 0.3) is 0 Å². The van der Waals surface area contributed by atoms with E-state index in [1.807, 2.05) is 0 Å². The Morgan fingerprint density at radius 1 is 1.06 bits per heavy atom. The summed E-state index contributed by atoms with van der Waals surface area (Å²) < 4.78 is 40.6. The van der Waals surface area contributed by atoms with Gasteiger partial charge >= 0.3 is 0 Å². The molecule has 2 heterocycles. The van der Waals surface area contributed by atoms with Crippen LogP contribution in [0.5, 0.6) is 0 Å². The Balaban J connectivity index is 1.18. The Kier molecular flexibility index (Phi) is 5.26. The number of hydrogen-bond acceptors (Lipinski definition) is 5. The predicted molar refractivity (Wildman–Crippen MR) is 124 cm³/mol. The van der Waals surface area contributed by atoms with Crippen LogP contribution in [-0.2, 0) is 33.5 Å². The molecule has 0 saturated heterocycles. The molecule has 1 amide bonds. The normalized spacial score (nSPS) is 30.2. The predicted octanol–water partition coefficient (Wildman–Crippen LogP) is 3.66. The zero-order valence-corrected chi connectivity index (χ0v) is 19.9. The highest BCUT2D eigenvalue weighted by Gasteiger charge is 2.54. The second kappa shape index (κ2) is 8.09. The summed E-state index contributed by atoms with van der Waals surface area (Å²) in [5.74, 6) is 2.06. The molecular weight excluding hydrogens is 455 g/mol. The SMILES string of the molecule is O=C(Nc1ncnc2c1CCN(S(=O)(=O)Cc1ccc(F)cc1)C2)C12CC3CC(CC(C3)C1)C2. The monoisotopic (exact) mass is 484 g/mol. The fourth-order valence-electron chi connectivity index (χ4n) is 7.19. The summed E-state index contributed by atoms with van der Waals surface area (Å²) in [4.78, 5) is 22.2. The Bertz CT molecular complexity index is 1200. The summed E-state index contributed by atoms with van der Waals surface area (Å²) >= 11 is 0. The zero-order valence-electron chi connectivity index (χ0n) is 19.0. The molecule has 9 heteroatoms. The summed E-state index contributed by atoms with van der Waals surface area (Å²) in [7, 11) is -3.60. The van der Waals surface area contributed by atoms with Gasteiger partial charge in [-0.2, -0.15) is 4.31 Å². The number of benzene rings is 1. The Hall–Kier alpha value is -2.39. The smallest absolute Gasteiger partial charge is 0.231 e. The van der Waals surface area contributed by atoms with Crippen molar-refractivity contribution in [2.24, 2.45) is 23.2 Å². The number of halogens is 1. The molecule has 1 aliphatic heterocycles. The van der Waals surface area contributed by atoms with E-state index in [0.29, 0.717) is 47.8 Å². The molecule has 1 N–H and O–H groups in total. The summed E-state index contributed by atoms with van der Waals surface area (Å²) in [6, 6.07) is 5.51. The Morgan fingerprint density at radius 2 is 1.71 bits per heavy atom. The lowest BCUT2D eigenvalue weighted by molar-refractivity contribution is -0.140. The van der Waals surface area contributed by atoms with E-state index in [4.69, 9.17) is 0 Å². The molecule has 4 bridgehead atoms. The van der Waals surface area contributed by atoms with E-state index in [9.17, 15) is 17.6 Å². The van der Waals surface area contributed by atoms with Gasteiger partial charge in [-0.1, -0.05) is 12.1 Å². The quantitative estimate of drug-likeness (QED) is 0.699. The van der Waals surface area contributed by atoms with Crippen LogP contribution in [0.25, 0.3) is 0 Å². The van der Waals surface area contributed by atoms with Crippen molar-refractivity contribution in [1.82, 2.24) is 14.3 Å². The largest absolute Gasteiger partial charge is 0.310 e. The first-order valence-corrected chi connectivity index (χ1v) is 13.8. The topological polar surface area (TPSA) is 92.3 Å². The molecule has 0 spiro atoms. The molecule has 7 rings (SSSR count). The highest BCUT2D eigenvalue weighted by atomic mass is 32.2. The lowest BCUT2D eigenvalue weighted by Gasteiger charge is -2.55. The maximum absolute atomic E-state index is 13.5.